The van der Waals surface area contributed by atoms with Gasteiger partial charge in [-0.25, -0.2) is 4.98 Å². The number of hydrogen-bond acceptors (Lipinski definition) is 4. The van der Waals surface area contributed by atoms with E-state index in [1.54, 1.807) is 11.1 Å². The number of imidazole rings is 1. The smallest absolute Gasteiger partial charge is 0.226 e. The molecule has 0 atom stereocenters. The van der Waals surface area contributed by atoms with Crippen LogP contribution in [-0.4, -0.2) is 51.8 Å². The van der Waals surface area contributed by atoms with Gasteiger partial charge in [-0.1, -0.05) is 0 Å². The van der Waals surface area contributed by atoms with Crippen LogP contribution < -0.4 is 0 Å². The average Bonchev–Trinajstić information content (AvgIpc) is 2.84. The molecule has 0 spiro atoms. The van der Waals surface area contributed by atoms with Crippen LogP contribution in [0.5, 0.6) is 0 Å². The minimum absolute atomic E-state index is 0.0144. The lowest BCUT2D eigenvalue weighted by Crippen LogP contribution is -2.40. The molecule has 1 aromatic heterocycles. The molecule has 2 rings (SSSR count). The molecule has 1 N–H and O–H groups in total. The van der Waals surface area contributed by atoms with Crippen LogP contribution in [0.4, 0.5) is 0 Å². The molecule has 0 bridgehead atoms. The third-order valence-electron chi connectivity index (χ3n) is 3.51. The van der Waals surface area contributed by atoms with Crippen LogP contribution >= 0.6 is 0 Å². The number of nitrogens with zero attached hydrogens (tertiary/aromatic N) is 3. The number of aliphatic hydroxyl groups excluding tert-OH is 1. The number of carbonyl (C=O) groups is 1. The van der Waals surface area contributed by atoms with E-state index in [-0.39, 0.29) is 18.4 Å². The fourth-order valence-electron chi connectivity index (χ4n) is 2.31. The second kappa shape index (κ2) is 6.68. The van der Waals surface area contributed by atoms with Gasteiger partial charge in [0.25, 0.3) is 0 Å². The lowest BCUT2D eigenvalue weighted by Gasteiger charge is -2.28. The highest BCUT2D eigenvalue weighted by Crippen LogP contribution is 2.18. The van der Waals surface area contributed by atoms with Crippen LogP contribution in [-0.2, 0) is 23.1 Å². The first-order chi connectivity index (χ1) is 9.22. The second-order valence-corrected chi connectivity index (χ2v) is 4.82. The lowest BCUT2D eigenvalue weighted by atomic mass is 9.98. The summed E-state index contributed by atoms with van der Waals surface area (Å²) < 4.78 is 7.17. The molecule has 1 aliphatic rings. The first-order valence-electron chi connectivity index (χ1n) is 6.66. The first kappa shape index (κ1) is 14.0. The minimum atomic E-state index is -0.0284. The summed E-state index contributed by atoms with van der Waals surface area (Å²) in [6, 6.07) is 0. The maximum absolute atomic E-state index is 12.4. The molecule has 1 saturated heterocycles. The number of hydrogen-bond donors (Lipinski definition) is 1. The van der Waals surface area contributed by atoms with Crippen LogP contribution in [0.3, 0.4) is 0 Å². The maximum Gasteiger partial charge on any atom is 0.226 e. The zero-order valence-electron chi connectivity index (χ0n) is 11.3. The van der Waals surface area contributed by atoms with Crippen molar-refractivity contribution in [3.05, 3.63) is 18.2 Å². The Bertz CT molecular complexity index is 413. The van der Waals surface area contributed by atoms with Gasteiger partial charge in [-0.3, -0.25) is 4.79 Å². The molecule has 1 amide bonds. The van der Waals surface area contributed by atoms with Gasteiger partial charge in [0.1, 0.15) is 5.82 Å². The Morgan fingerprint density at radius 1 is 1.58 bits per heavy atom. The Balaban J connectivity index is 2.02. The molecule has 1 fully saturated rings. The predicted octanol–water partition coefficient (Wildman–Crippen LogP) is 0.168. The minimum Gasteiger partial charge on any atom is -0.395 e. The van der Waals surface area contributed by atoms with Gasteiger partial charge in [0, 0.05) is 45.1 Å². The third-order valence-corrected chi connectivity index (χ3v) is 3.51. The fourth-order valence-corrected chi connectivity index (χ4v) is 2.31. The Morgan fingerprint density at radius 3 is 2.89 bits per heavy atom. The molecule has 0 aromatic carbocycles. The summed E-state index contributed by atoms with van der Waals surface area (Å²) in [5.74, 6) is 0.940. The molecule has 106 valence electrons. The van der Waals surface area contributed by atoms with Crippen molar-refractivity contribution in [1.29, 1.82) is 0 Å². The molecule has 19 heavy (non-hydrogen) atoms. The standard InChI is InChI=1S/C13H21N3O3/c1-15-5-4-14-12(15)10-16(6-7-17)13(18)11-2-8-19-9-3-11/h4-5,11,17H,2-3,6-10H2,1H3. The molecule has 2 heterocycles. The van der Waals surface area contributed by atoms with E-state index in [9.17, 15) is 4.79 Å². The van der Waals surface area contributed by atoms with Crippen molar-refractivity contribution in [3.63, 3.8) is 0 Å². The number of aromatic nitrogens is 2. The number of ether oxygens (including phenoxy) is 1. The number of aliphatic hydroxyl groups is 1. The number of carbonyl (C=O) groups excluding carboxylic acids is 1. The quantitative estimate of drug-likeness (QED) is 0.825. The molecule has 0 radical (unpaired) electrons. The Kier molecular flexibility index (Phi) is 4.93. The molecule has 1 aliphatic heterocycles. The molecular weight excluding hydrogens is 246 g/mol. The van der Waals surface area contributed by atoms with Crippen LogP contribution in [0.2, 0.25) is 0 Å². The number of rotatable bonds is 5. The van der Waals surface area contributed by atoms with Crippen LogP contribution in [0.25, 0.3) is 0 Å². The first-order valence-corrected chi connectivity index (χ1v) is 6.66. The normalized spacial score (nSPS) is 16.5. The van der Waals surface area contributed by atoms with E-state index < -0.39 is 0 Å². The molecule has 0 unspecified atom stereocenters. The van der Waals surface area contributed by atoms with Gasteiger partial charge in [0.15, 0.2) is 0 Å². The topological polar surface area (TPSA) is 67.6 Å². The third kappa shape index (κ3) is 3.54. The number of aryl methyl sites for hydroxylation is 1. The summed E-state index contributed by atoms with van der Waals surface area (Å²) in [7, 11) is 1.90. The summed E-state index contributed by atoms with van der Waals surface area (Å²) in [5, 5.41) is 9.14. The van der Waals surface area contributed by atoms with E-state index in [0.717, 1.165) is 18.7 Å². The van der Waals surface area contributed by atoms with Crippen molar-refractivity contribution in [2.75, 3.05) is 26.4 Å². The molecule has 6 nitrogen and oxygen atoms in total. The molecule has 0 saturated carbocycles. The van der Waals surface area contributed by atoms with Gasteiger partial charge in [-0.05, 0) is 12.8 Å². The summed E-state index contributed by atoms with van der Waals surface area (Å²) in [6.45, 7) is 2.06. The van der Waals surface area contributed by atoms with Crippen molar-refractivity contribution in [3.8, 4) is 0 Å². The maximum atomic E-state index is 12.4. The Labute approximate surface area is 113 Å². The molecule has 1 aromatic rings. The SMILES string of the molecule is Cn1ccnc1CN(CCO)C(=O)C1CCOCC1. The van der Waals surface area contributed by atoms with E-state index >= 15 is 0 Å². The van der Waals surface area contributed by atoms with E-state index in [1.807, 2.05) is 17.8 Å². The monoisotopic (exact) mass is 267 g/mol. The van der Waals surface area contributed by atoms with E-state index in [0.29, 0.717) is 26.3 Å². The Hall–Kier alpha value is -1.40. The van der Waals surface area contributed by atoms with Gasteiger partial charge in [0.2, 0.25) is 5.91 Å². The molecule has 6 heteroatoms. The second-order valence-electron chi connectivity index (χ2n) is 4.82. The predicted molar refractivity (Wildman–Crippen MR) is 69.3 cm³/mol. The molecular formula is C13H21N3O3. The highest BCUT2D eigenvalue weighted by molar-refractivity contribution is 5.78. The Morgan fingerprint density at radius 2 is 2.32 bits per heavy atom. The summed E-state index contributed by atoms with van der Waals surface area (Å²) in [5.41, 5.74) is 0. The van der Waals surface area contributed by atoms with E-state index in [4.69, 9.17) is 9.84 Å². The van der Waals surface area contributed by atoms with Crippen molar-refractivity contribution in [1.82, 2.24) is 14.5 Å². The zero-order valence-corrected chi connectivity index (χ0v) is 11.3. The van der Waals surface area contributed by atoms with Crippen molar-refractivity contribution < 1.29 is 14.6 Å². The van der Waals surface area contributed by atoms with Gasteiger partial charge in [-0.15, -0.1) is 0 Å². The fraction of sp³-hybridized carbons (Fsp3) is 0.692. The largest absolute Gasteiger partial charge is 0.395 e. The summed E-state index contributed by atoms with van der Waals surface area (Å²) in [6.07, 6.45) is 5.10. The van der Waals surface area contributed by atoms with E-state index in [1.165, 1.54) is 0 Å². The van der Waals surface area contributed by atoms with Gasteiger partial charge < -0.3 is 19.3 Å². The van der Waals surface area contributed by atoms with Crippen LogP contribution in [0.1, 0.15) is 18.7 Å². The van der Waals surface area contributed by atoms with Crippen molar-refractivity contribution >= 4 is 5.91 Å². The van der Waals surface area contributed by atoms with Crippen LogP contribution in [0.15, 0.2) is 12.4 Å². The van der Waals surface area contributed by atoms with Crippen molar-refractivity contribution in [2.24, 2.45) is 13.0 Å². The van der Waals surface area contributed by atoms with Gasteiger partial charge in [-0.2, -0.15) is 0 Å². The molecule has 0 aliphatic carbocycles. The highest BCUT2D eigenvalue weighted by Gasteiger charge is 2.26. The summed E-state index contributed by atoms with van der Waals surface area (Å²) in [4.78, 5) is 18.4. The lowest BCUT2D eigenvalue weighted by molar-refractivity contribution is -0.139. The van der Waals surface area contributed by atoms with Crippen LogP contribution in [0, 0.1) is 5.92 Å². The zero-order chi connectivity index (χ0) is 13.7. The van der Waals surface area contributed by atoms with Gasteiger partial charge in [0.05, 0.1) is 13.2 Å². The van der Waals surface area contributed by atoms with E-state index in [2.05, 4.69) is 4.98 Å². The summed E-state index contributed by atoms with van der Waals surface area (Å²) >= 11 is 0. The average molecular weight is 267 g/mol. The number of amides is 1. The van der Waals surface area contributed by atoms with Gasteiger partial charge >= 0.3 is 0 Å². The highest BCUT2D eigenvalue weighted by atomic mass is 16.5. The van der Waals surface area contributed by atoms with Crippen molar-refractivity contribution in [2.45, 2.75) is 19.4 Å².